The molecule has 0 radical (unpaired) electrons. The average Bonchev–Trinajstić information content (AvgIpc) is 3.40. The molecule has 74 heavy (non-hydrogen) atoms. The van der Waals surface area contributed by atoms with Crippen LogP contribution >= 0.6 is 0 Å². The Kier molecular flexibility index (Phi) is 59.9. The number of ether oxygens (including phenoxy) is 2. The van der Waals surface area contributed by atoms with E-state index in [1.165, 1.54) is 141 Å². The minimum Gasteiger partial charge on any atom is -0.462 e. The smallest absolute Gasteiger partial charge is 0.306 e. The molecule has 0 aliphatic rings. The molecule has 0 saturated heterocycles. The van der Waals surface area contributed by atoms with E-state index in [0.29, 0.717) is 12.8 Å². The maximum Gasteiger partial charge on any atom is 0.306 e. The van der Waals surface area contributed by atoms with Gasteiger partial charge in [0.1, 0.15) is 6.61 Å². The number of aliphatic hydroxyl groups is 1. The topological polar surface area (TPSA) is 72.8 Å². The highest BCUT2D eigenvalue weighted by Crippen LogP contribution is 2.17. The van der Waals surface area contributed by atoms with Crippen LogP contribution in [-0.4, -0.2) is 36.4 Å². The third-order valence-electron chi connectivity index (χ3n) is 12.9. The van der Waals surface area contributed by atoms with E-state index in [1.807, 2.05) is 0 Å². The standard InChI is InChI=1S/C69H114O5/c1-3-5-7-9-11-13-15-17-19-21-23-25-27-28-29-30-31-32-33-34-35-36-37-38-39-40-42-43-45-47-49-51-53-55-57-59-61-63-68(71)73-66-67(65-70)74-69(72)64-62-60-58-56-54-52-50-48-46-44-41-26-24-22-20-18-16-14-12-10-8-6-4-2/h5-8,11-14,17-20,23-26,44,46,50,52,56,58,67,70H,3-4,9-10,15-16,21-22,27-43,45,47-49,51,53-55,57,59-66H2,1-2H3/b7-5-,8-6-,13-11-,14-12-,19-17-,20-18-,25-23-,26-24-,46-44-,52-50-,58-56-. The van der Waals surface area contributed by atoms with Crippen LogP contribution in [0.5, 0.6) is 0 Å². The zero-order valence-electron chi connectivity index (χ0n) is 48.1. The first kappa shape index (κ1) is 70.0. The largest absolute Gasteiger partial charge is 0.462 e. The molecule has 0 rings (SSSR count). The van der Waals surface area contributed by atoms with Crippen LogP contribution in [0.4, 0.5) is 0 Å². The highest BCUT2D eigenvalue weighted by molar-refractivity contribution is 5.70. The summed E-state index contributed by atoms with van der Waals surface area (Å²) in [6.45, 7) is 3.88. The highest BCUT2D eigenvalue weighted by atomic mass is 16.6. The molecule has 1 atom stereocenters. The fraction of sp³-hybridized carbons (Fsp3) is 0.652. The van der Waals surface area contributed by atoms with Gasteiger partial charge in [-0.3, -0.25) is 9.59 Å². The summed E-state index contributed by atoms with van der Waals surface area (Å²) < 4.78 is 10.7. The van der Waals surface area contributed by atoms with Crippen LogP contribution in [0.2, 0.25) is 0 Å². The Morgan fingerprint density at radius 3 is 0.851 bits per heavy atom. The fourth-order valence-electron chi connectivity index (χ4n) is 8.42. The Bertz CT molecular complexity index is 1530. The molecule has 0 bridgehead atoms. The quantitative estimate of drug-likeness (QED) is 0.0373. The molecule has 420 valence electrons. The maximum atomic E-state index is 12.3. The lowest BCUT2D eigenvalue weighted by Gasteiger charge is -2.15. The lowest BCUT2D eigenvalue weighted by molar-refractivity contribution is -0.161. The number of allylic oxidation sites excluding steroid dienone is 22. The van der Waals surface area contributed by atoms with Crippen molar-refractivity contribution in [3.8, 4) is 0 Å². The Morgan fingerprint density at radius 1 is 0.311 bits per heavy atom. The van der Waals surface area contributed by atoms with Gasteiger partial charge in [-0.25, -0.2) is 0 Å². The van der Waals surface area contributed by atoms with E-state index >= 15 is 0 Å². The van der Waals surface area contributed by atoms with E-state index in [9.17, 15) is 14.7 Å². The van der Waals surface area contributed by atoms with E-state index < -0.39 is 6.10 Å². The molecular formula is C69H114O5. The predicted octanol–water partition coefficient (Wildman–Crippen LogP) is 21.2. The number of carbonyl (C=O) groups excluding carboxylic acids is 2. The van der Waals surface area contributed by atoms with Crippen molar-refractivity contribution in [1.82, 2.24) is 0 Å². The number of aliphatic hydroxyl groups excluding tert-OH is 1. The fourth-order valence-corrected chi connectivity index (χ4v) is 8.42. The first-order chi connectivity index (χ1) is 36.6. The lowest BCUT2D eigenvalue weighted by atomic mass is 10.0. The van der Waals surface area contributed by atoms with Crippen molar-refractivity contribution >= 4 is 11.9 Å². The minimum atomic E-state index is -0.811. The average molecular weight is 1020 g/mol. The third-order valence-corrected chi connectivity index (χ3v) is 12.9. The van der Waals surface area contributed by atoms with Crippen molar-refractivity contribution in [2.75, 3.05) is 13.2 Å². The molecule has 1 unspecified atom stereocenters. The van der Waals surface area contributed by atoms with Gasteiger partial charge in [0.2, 0.25) is 0 Å². The summed E-state index contributed by atoms with van der Waals surface area (Å²) in [4.78, 5) is 24.5. The van der Waals surface area contributed by atoms with Crippen molar-refractivity contribution in [2.45, 2.75) is 277 Å². The van der Waals surface area contributed by atoms with Gasteiger partial charge in [0.25, 0.3) is 0 Å². The zero-order chi connectivity index (χ0) is 53.4. The minimum absolute atomic E-state index is 0.0940. The van der Waals surface area contributed by atoms with Gasteiger partial charge in [-0.1, -0.05) is 289 Å². The van der Waals surface area contributed by atoms with Gasteiger partial charge < -0.3 is 14.6 Å². The molecule has 0 aromatic heterocycles. The van der Waals surface area contributed by atoms with Gasteiger partial charge >= 0.3 is 11.9 Å². The molecule has 0 aliphatic heterocycles. The molecule has 0 saturated carbocycles. The first-order valence-corrected chi connectivity index (χ1v) is 30.7. The molecule has 0 fully saturated rings. The third kappa shape index (κ3) is 60.6. The van der Waals surface area contributed by atoms with Crippen molar-refractivity contribution < 1.29 is 24.2 Å². The number of carbonyl (C=O) groups is 2. The van der Waals surface area contributed by atoms with Crippen molar-refractivity contribution in [3.63, 3.8) is 0 Å². The molecule has 0 aromatic rings. The van der Waals surface area contributed by atoms with Gasteiger partial charge in [0.15, 0.2) is 6.10 Å². The van der Waals surface area contributed by atoms with E-state index in [2.05, 4.69) is 148 Å². The van der Waals surface area contributed by atoms with Crippen LogP contribution < -0.4 is 0 Å². The molecule has 5 nitrogen and oxygen atoms in total. The molecule has 0 heterocycles. The number of unbranched alkanes of at least 4 members (excludes halogenated alkanes) is 25. The van der Waals surface area contributed by atoms with Crippen LogP contribution in [0.25, 0.3) is 0 Å². The summed E-state index contributed by atoms with van der Waals surface area (Å²) in [6, 6.07) is 0. The van der Waals surface area contributed by atoms with Gasteiger partial charge in [0, 0.05) is 12.8 Å². The van der Waals surface area contributed by atoms with E-state index in [-0.39, 0.29) is 31.6 Å². The summed E-state index contributed by atoms with van der Waals surface area (Å²) in [5.74, 6) is -0.659. The Balaban J connectivity index is 3.51. The molecule has 0 amide bonds. The Labute approximate surface area is 457 Å². The second kappa shape index (κ2) is 63.3. The Hall–Kier alpha value is -3.96. The van der Waals surface area contributed by atoms with Crippen LogP contribution in [-0.2, 0) is 19.1 Å². The second-order valence-electron chi connectivity index (χ2n) is 20.0. The van der Waals surface area contributed by atoms with Crippen LogP contribution in [0.1, 0.15) is 271 Å². The zero-order valence-corrected chi connectivity index (χ0v) is 48.1. The molecule has 0 aliphatic carbocycles. The number of hydrogen-bond acceptors (Lipinski definition) is 5. The van der Waals surface area contributed by atoms with Gasteiger partial charge in [-0.05, 0) is 103 Å². The summed E-state index contributed by atoms with van der Waals surface area (Å²) in [6.07, 6.45) is 94.6. The molecular weight excluding hydrogens is 909 g/mol. The number of rotatable bonds is 55. The Morgan fingerprint density at radius 2 is 0.554 bits per heavy atom. The van der Waals surface area contributed by atoms with Crippen LogP contribution in [0.3, 0.4) is 0 Å². The summed E-state index contributed by atoms with van der Waals surface area (Å²) >= 11 is 0. The second-order valence-corrected chi connectivity index (χ2v) is 20.0. The predicted molar refractivity (Wildman–Crippen MR) is 324 cm³/mol. The van der Waals surface area contributed by atoms with Crippen LogP contribution in [0.15, 0.2) is 134 Å². The van der Waals surface area contributed by atoms with Gasteiger partial charge in [0.05, 0.1) is 6.61 Å². The van der Waals surface area contributed by atoms with Gasteiger partial charge in [-0.2, -0.15) is 0 Å². The summed E-state index contributed by atoms with van der Waals surface area (Å²) in [5.41, 5.74) is 0. The summed E-state index contributed by atoms with van der Waals surface area (Å²) in [5, 5.41) is 9.65. The molecule has 5 heteroatoms. The number of hydrogen-bond donors (Lipinski definition) is 1. The monoisotopic (exact) mass is 1020 g/mol. The first-order valence-electron chi connectivity index (χ1n) is 30.7. The maximum absolute atomic E-state index is 12.3. The van der Waals surface area contributed by atoms with Crippen molar-refractivity contribution in [2.24, 2.45) is 0 Å². The normalized spacial score (nSPS) is 13.2. The van der Waals surface area contributed by atoms with E-state index in [4.69, 9.17) is 9.47 Å². The molecule has 0 spiro atoms. The highest BCUT2D eigenvalue weighted by Gasteiger charge is 2.16. The van der Waals surface area contributed by atoms with Gasteiger partial charge in [-0.15, -0.1) is 0 Å². The number of esters is 2. The summed E-state index contributed by atoms with van der Waals surface area (Å²) in [7, 11) is 0. The van der Waals surface area contributed by atoms with Crippen molar-refractivity contribution in [3.05, 3.63) is 134 Å². The lowest BCUT2D eigenvalue weighted by Crippen LogP contribution is -2.28. The van der Waals surface area contributed by atoms with Crippen molar-refractivity contribution in [1.29, 1.82) is 0 Å². The van der Waals surface area contributed by atoms with E-state index in [1.54, 1.807) is 0 Å². The van der Waals surface area contributed by atoms with E-state index in [0.717, 1.165) is 96.3 Å². The SMILES string of the molecule is CC/C=C\C/C=C\C/C=C\C/C=C\C/C=C\C/C=C\C/C=C\CCCC(=O)OC(CO)COC(=O)CCCCCCCCCCCCCCCCCCCCCCCCCC/C=C\C/C=C\C/C=C\C/C=C\CC. The molecule has 1 N–H and O–H groups in total. The molecule has 0 aromatic carbocycles. The van der Waals surface area contributed by atoms with Crippen LogP contribution in [0, 0.1) is 0 Å².